The van der Waals surface area contributed by atoms with Crippen LogP contribution in [-0.4, -0.2) is 50.8 Å². The first kappa shape index (κ1) is 13.5. The molecular weight excluding hydrogens is 248 g/mol. The van der Waals surface area contributed by atoms with E-state index in [2.05, 4.69) is 21.3 Å². The van der Waals surface area contributed by atoms with Gasteiger partial charge in [0.2, 0.25) is 0 Å². The third-order valence-electron chi connectivity index (χ3n) is 6.72. The largest absolute Gasteiger partial charge is 0.317 e. The number of hydrogen-bond acceptors (Lipinski definition) is 4. The summed E-state index contributed by atoms with van der Waals surface area (Å²) in [6, 6.07) is 0.750. The maximum atomic E-state index is 3.94. The summed E-state index contributed by atoms with van der Waals surface area (Å²) < 4.78 is 0. The van der Waals surface area contributed by atoms with E-state index in [-0.39, 0.29) is 0 Å². The molecule has 4 heteroatoms. The molecule has 3 unspecified atom stereocenters. The highest BCUT2D eigenvalue weighted by molar-refractivity contribution is 5.13. The molecule has 3 atom stereocenters. The second kappa shape index (κ2) is 5.24. The van der Waals surface area contributed by atoms with Gasteiger partial charge in [-0.2, -0.15) is 0 Å². The molecule has 0 aromatic heterocycles. The van der Waals surface area contributed by atoms with Crippen LogP contribution in [0.1, 0.15) is 38.5 Å². The molecule has 4 nitrogen and oxygen atoms in total. The molecule has 0 aromatic rings. The lowest BCUT2D eigenvalue weighted by molar-refractivity contribution is 0.0842. The van der Waals surface area contributed by atoms with Crippen LogP contribution in [-0.2, 0) is 0 Å². The predicted molar refractivity (Wildman–Crippen MR) is 81.9 cm³/mol. The van der Waals surface area contributed by atoms with Crippen molar-refractivity contribution in [2.24, 2.45) is 11.3 Å². The highest BCUT2D eigenvalue weighted by Crippen LogP contribution is 2.49. The minimum absolute atomic E-state index is 0.387. The Morgan fingerprint density at radius 2 is 1.65 bits per heavy atom. The first-order chi connectivity index (χ1) is 9.85. The summed E-state index contributed by atoms with van der Waals surface area (Å²) in [6.45, 7) is 7.17. The lowest BCUT2D eigenvalue weighted by atomic mass is 9.65. The van der Waals surface area contributed by atoms with Crippen LogP contribution in [0.5, 0.6) is 0 Å². The lowest BCUT2D eigenvalue weighted by Gasteiger charge is -2.49. The SMILES string of the molecule is C1CC(C2NCCC23CCNCC3)C2(C1)CNCCN2. The van der Waals surface area contributed by atoms with Crippen molar-refractivity contribution in [3.63, 3.8) is 0 Å². The van der Waals surface area contributed by atoms with Crippen LogP contribution in [0.15, 0.2) is 0 Å². The van der Waals surface area contributed by atoms with Crippen LogP contribution in [0.3, 0.4) is 0 Å². The zero-order chi connectivity index (χ0) is 13.5. The fourth-order valence-electron chi connectivity index (χ4n) is 5.70. The van der Waals surface area contributed by atoms with E-state index < -0.39 is 0 Å². The zero-order valence-electron chi connectivity index (χ0n) is 12.6. The van der Waals surface area contributed by atoms with Gasteiger partial charge in [0.05, 0.1) is 0 Å². The minimum Gasteiger partial charge on any atom is -0.317 e. The fraction of sp³-hybridized carbons (Fsp3) is 1.00. The summed E-state index contributed by atoms with van der Waals surface area (Å²) in [7, 11) is 0. The van der Waals surface area contributed by atoms with E-state index >= 15 is 0 Å². The van der Waals surface area contributed by atoms with Gasteiger partial charge in [-0.05, 0) is 63.1 Å². The van der Waals surface area contributed by atoms with Crippen LogP contribution < -0.4 is 21.3 Å². The molecule has 0 radical (unpaired) electrons. The number of rotatable bonds is 1. The van der Waals surface area contributed by atoms with Crippen molar-refractivity contribution in [2.75, 3.05) is 39.3 Å². The van der Waals surface area contributed by atoms with Crippen molar-refractivity contribution in [2.45, 2.75) is 50.1 Å². The number of piperazine rings is 1. The van der Waals surface area contributed by atoms with E-state index in [1.807, 2.05) is 0 Å². The third-order valence-corrected chi connectivity index (χ3v) is 6.72. The maximum Gasteiger partial charge on any atom is 0.0350 e. The average Bonchev–Trinajstić information content (AvgIpc) is 3.05. The van der Waals surface area contributed by atoms with Crippen LogP contribution in [0, 0.1) is 11.3 Å². The zero-order valence-corrected chi connectivity index (χ0v) is 12.6. The van der Waals surface area contributed by atoms with Crippen molar-refractivity contribution < 1.29 is 0 Å². The van der Waals surface area contributed by atoms with E-state index in [0.717, 1.165) is 25.0 Å². The molecule has 4 fully saturated rings. The van der Waals surface area contributed by atoms with Crippen LogP contribution in [0.4, 0.5) is 0 Å². The first-order valence-corrected chi connectivity index (χ1v) is 8.75. The molecule has 4 aliphatic rings. The molecule has 4 rings (SSSR count). The molecule has 1 aliphatic carbocycles. The molecule has 2 spiro atoms. The topological polar surface area (TPSA) is 48.1 Å². The quantitative estimate of drug-likeness (QED) is 0.562. The van der Waals surface area contributed by atoms with Gasteiger partial charge in [0, 0.05) is 31.2 Å². The normalized spacial score (nSPS) is 44.4. The lowest BCUT2D eigenvalue weighted by Crippen LogP contribution is -2.65. The molecule has 114 valence electrons. The van der Waals surface area contributed by atoms with Crippen molar-refractivity contribution >= 4 is 0 Å². The molecule has 0 bridgehead atoms. The van der Waals surface area contributed by atoms with E-state index in [0.29, 0.717) is 11.0 Å². The molecule has 4 N–H and O–H groups in total. The highest BCUT2D eigenvalue weighted by Gasteiger charge is 2.54. The number of piperidine rings is 1. The molecule has 3 saturated heterocycles. The summed E-state index contributed by atoms with van der Waals surface area (Å²) in [5.41, 5.74) is 0.977. The summed E-state index contributed by atoms with van der Waals surface area (Å²) in [4.78, 5) is 0. The van der Waals surface area contributed by atoms with Gasteiger partial charge in [0.15, 0.2) is 0 Å². The monoisotopic (exact) mass is 278 g/mol. The van der Waals surface area contributed by atoms with Crippen molar-refractivity contribution in [3.8, 4) is 0 Å². The first-order valence-electron chi connectivity index (χ1n) is 8.75. The van der Waals surface area contributed by atoms with Gasteiger partial charge in [-0.15, -0.1) is 0 Å². The van der Waals surface area contributed by atoms with Gasteiger partial charge < -0.3 is 21.3 Å². The number of hydrogen-bond donors (Lipinski definition) is 4. The fourth-order valence-corrected chi connectivity index (χ4v) is 5.70. The summed E-state index contributed by atoms with van der Waals surface area (Å²) >= 11 is 0. The van der Waals surface area contributed by atoms with E-state index in [1.165, 1.54) is 64.7 Å². The standard InChI is InChI=1S/C16H30N4/c1-2-13(16(3-1)12-18-10-11-20-16)14-15(6-9-19-14)4-7-17-8-5-15/h13-14,17-20H,1-12H2. The van der Waals surface area contributed by atoms with Gasteiger partial charge in [-0.3, -0.25) is 0 Å². The Morgan fingerprint density at radius 3 is 2.45 bits per heavy atom. The van der Waals surface area contributed by atoms with Gasteiger partial charge in [-0.25, -0.2) is 0 Å². The molecule has 3 heterocycles. The Kier molecular flexibility index (Phi) is 3.53. The smallest absolute Gasteiger partial charge is 0.0350 e. The van der Waals surface area contributed by atoms with Crippen molar-refractivity contribution in [3.05, 3.63) is 0 Å². The predicted octanol–water partition coefficient (Wildman–Crippen LogP) is 0.450. The summed E-state index contributed by atoms with van der Waals surface area (Å²) in [5, 5.41) is 15.1. The molecule has 0 amide bonds. The molecule has 0 aromatic carbocycles. The molecule has 20 heavy (non-hydrogen) atoms. The van der Waals surface area contributed by atoms with E-state index in [4.69, 9.17) is 0 Å². The van der Waals surface area contributed by atoms with Gasteiger partial charge in [0.1, 0.15) is 0 Å². The molecular formula is C16H30N4. The molecule has 3 aliphatic heterocycles. The second-order valence-electron chi connectivity index (χ2n) is 7.55. The Labute approximate surface area is 122 Å². The van der Waals surface area contributed by atoms with Crippen molar-refractivity contribution in [1.82, 2.24) is 21.3 Å². The maximum absolute atomic E-state index is 3.94. The summed E-state index contributed by atoms with van der Waals surface area (Å²) in [5.74, 6) is 0.830. The van der Waals surface area contributed by atoms with Crippen LogP contribution >= 0.6 is 0 Å². The van der Waals surface area contributed by atoms with Crippen molar-refractivity contribution in [1.29, 1.82) is 0 Å². The van der Waals surface area contributed by atoms with Crippen LogP contribution in [0.25, 0.3) is 0 Å². The second-order valence-corrected chi connectivity index (χ2v) is 7.55. The molecule has 1 saturated carbocycles. The van der Waals surface area contributed by atoms with Gasteiger partial charge in [-0.1, -0.05) is 6.42 Å². The van der Waals surface area contributed by atoms with Gasteiger partial charge in [0.25, 0.3) is 0 Å². The van der Waals surface area contributed by atoms with E-state index in [9.17, 15) is 0 Å². The highest BCUT2D eigenvalue weighted by atomic mass is 15.1. The average molecular weight is 278 g/mol. The van der Waals surface area contributed by atoms with E-state index in [1.54, 1.807) is 0 Å². The third kappa shape index (κ3) is 2.04. The number of nitrogens with one attached hydrogen (secondary N) is 4. The Morgan fingerprint density at radius 1 is 0.800 bits per heavy atom. The Bertz CT molecular complexity index is 310. The summed E-state index contributed by atoms with van der Waals surface area (Å²) in [6.07, 6.45) is 8.36. The van der Waals surface area contributed by atoms with Gasteiger partial charge >= 0.3 is 0 Å². The Hall–Kier alpha value is -0.160. The minimum atomic E-state index is 0.387. The van der Waals surface area contributed by atoms with Crippen LogP contribution in [0.2, 0.25) is 0 Å². The Balaban J connectivity index is 1.58.